The molecule has 0 saturated carbocycles. The van der Waals surface area contributed by atoms with Gasteiger partial charge in [0.1, 0.15) is 0 Å². The summed E-state index contributed by atoms with van der Waals surface area (Å²) in [5.41, 5.74) is -17.6. The third-order valence-electron chi connectivity index (χ3n) is 9.12. The van der Waals surface area contributed by atoms with E-state index in [2.05, 4.69) is 79.7 Å². The average molecular weight is 1140 g/mol. The minimum absolute atomic E-state index is 0.0860. The van der Waals surface area contributed by atoms with Gasteiger partial charge in [0.15, 0.2) is 17.3 Å². The minimum Gasteiger partial charge on any atom is -0.295 e. The maximum atomic E-state index is 12.1. The lowest BCUT2D eigenvalue weighted by molar-refractivity contribution is -0.0490. The van der Waals surface area contributed by atoms with Gasteiger partial charge in [0.25, 0.3) is 33.4 Å². The highest BCUT2D eigenvalue weighted by Gasteiger charge is 2.73. The lowest BCUT2D eigenvalue weighted by Gasteiger charge is -2.21. The molecule has 6 aromatic carbocycles. The summed E-state index contributed by atoms with van der Waals surface area (Å²) in [6.07, 6.45) is 0. The molecule has 384 valence electrons. The third-order valence-corrected chi connectivity index (χ3v) is 21.2. The number of rotatable bonds is 14. The van der Waals surface area contributed by atoms with Crippen molar-refractivity contribution in [2.75, 3.05) is 0 Å². The first kappa shape index (κ1) is 59.5. The van der Waals surface area contributed by atoms with Crippen molar-refractivity contribution >= 4 is 93.9 Å². The second-order valence-corrected chi connectivity index (χ2v) is 26.2. The smallest absolute Gasteiger partial charge is 0.295 e. The Labute approximate surface area is 425 Å². The van der Waals surface area contributed by atoms with E-state index in [1.807, 2.05) is 72.8 Å². The number of halogens is 9. The fourth-order valence-electron chi connectivity index (χ4n) is 5.40. The molecule has 0 unspecified atom stereocenters. The highest BCUT2D eigenvalue weighted by Crippen LogP contribution is 2.43. The predicted molar refractivity (Wildman–Crippen MR) is 259 cm³/mol. The van der Waals surface area contributed by atoms with Gasteiger partial charge in [-0.2, -0.15) is 39.5 Å². The van der Waals surface area contributed by atoms with Gasteiger partial charge in [-0.3, -0.25) is 14.4 Å². The number of hydrogen-bond donors (Lipinski definition) is 0. The van der Waals surface area contributed by atoms with Crippen LogP contribution in [0.2, 0.25) is 0 Å². The van der Waals surface area contributed by atoms with Gasteiger partial charge < -0.3 is 0 Å². The molecular weight excluding hydrogens is 1100 g/mol. The Morgan fingerprint density at radius 1 is 0.333 bits per heavy atom. The van der Waals surface area contributed by atoms with Gasteiger partial charge in [0.2, 0.25) is 0 Å². The molecule has 6 rings (SSSR count). The number of alkyl halides is 9. The Bertz CT molecular complexity index is 2980. The summed E-state index contributed by atoms with van der Waals surface area (Å²) in [6.45, 7) is 6.83. The third kappa shape index (κ3) is 16.2. The zero-order valence-electron chi connectivity index (χ0n) is 37.4. The van der Waals surface area contributed by atoms with E-state index in [1.54, 1.807) is 67.8 Å². The number of sulfone groups is 3. The van der Waals surface area contributed by atoms with Crippen LogP contribution in [-0.4, -0.2) is 63.0 Å². The van der Waals surface area contributed by atoms with Crippen LogP contribution >= 0.6 is 47.0 Å². The van der Waals surface area contributed by atoms with Gasteiger partial charge in [-0.1, -0.05) is 101 Å². The van der Waals surface area contributed by atoms with Crippen molar-refractivity contribution in [3.05, 3.63) is 168 Å². The largest absolute Gasteiger partial charge is 0.499 e. The van der Waals surface area contributed by atoms with Crippen LogP contribution in [0.5, 0.6) is 0 Å². The van der Waals surface area contributed by atoms with Crippen LogP contribution in [0.15, 0.2) is 185 Å². The van der Waals surface area contributed by atoms with Crippen molar-refractivity contribution in [2.45, 2.75) is 87.3 Å². The van der Waals surface area contributed by atoms with E-state index in [0.717, 1.165) is 41.2 Å². The van der Waals surface area contributed by atoms with E-state index in [4.69, 9.17) is 0 Å². The van der Waals surface area contributed by atoms with E-state index in [1.165, 1.54) is 20.2 Å². The molecule has 0 heterocycles. The second kappa shape index (κ2) is 24.3. The molecule has 0 amide bonds. The summed E-state index contributed by atoms with van der Waals surface area (Å²) in [4.78, 5) is 43.3. The first-order valence-corrected chi connectivity index (χ1v) is 27.8. The quantitative estimate of drug-likeness (QED) is 0.0751. The predicted octanol–water partition coefficient (Wildman–Crippen LogP) is 14.0. The Hall–Kier alpha value is -5.05. The summed E-state index contributed by atoms with van der Waals surface area (Å²) in [6, 6.07) is 48.6. The number of Topliss-reactive ketones (excluding diaryl/α,β-unsaturated/α-hetero) is 3. The van der Waals surface area contributed by atoms with Crippen molar-refractivity contribution in [1.82, 2.24) is 0 Å². The zero-order chi connectivity index (χ0) is 54.0. The standard InChI is InChI=1S/C28H22O2S3.C15H14OS.C4HF9O6S3/c1-19(29)21-3-7-23(8-4-21)31-25-11-15-27(16-12-25)33-28-17-13-26(14-18-28)32-24-9-5-22(6-10-24)20(2)30;1-11-3-7-14(8-4-11)17-15-9-5-13(6-10-15)12(2)16;5-2(6,7)20(14,15)1(21(16,17)3(8,9)10)22(18,19)4(11,12)13/h3-18H,1-2H3;3-10H,1-2H3;1H. The van der Waals surface area contributed by atoms with Gasteiger partial charge >= 0.3 is 16.5 Å². The average Bonchev–Trinajstić information content (AvgIpc) is 3.28. The van der Waals surface area contributed by atoms with E-state index >= 15 is 0 Å². The summed E-state index contributed by atoms with van der Waals surface area (Å²) >= 11 is 6.81. The van der Waals surface area contributed by atoms with Gasteiger partial charge in [-0.05, 0) is 125 Å². The molecule has 0 aliphatic carbocycles. The Balaban J connectivity index is 0.000000251. The lowest BCUT2D eigenvalue weighted by Crippen LogP contribution is -2.52. The first-order chi connectivity index (χ1) is 33.2. The lowest BCUT2D eigenvalue weighted by atomic mass is 10.2. The van der Waals surface area contributed by atoms with Gasteiger partial charge in [-0.15, -0.1) is 0 Å². The van der Waals surface area contributed by atoms with Gasteiger partial charge in [0.05, 0.1) is 0 Å². The fraction of sp³-hybridized carbons (Fsp3) is 0.170. The maximum absolute atomic E-state index is 12.1. The zero-order valence-corrected chi connectivity index (χ0v) is 43.1. The van der Waals surface area contributed by atoms with Gasteiger partial charge in [-0.25, -0.2) is 25.3 Å². The molecule has 0 aromatic heterocycles. The molecule has 0 N–H and O–H groups in total. The van der Waals surface area contributed by atoms with E-state index in [9.17, 15) is 79.2 Å². The Morgan fingerprint density at radius 3 is 0.639 bits per heavy atom. The number of aryl methyl sites for hydroxylation is 1. The molecule has 0 fully saturated rings. The SMILES string of the molecule is CC(=O)c1ccc(Sc2ccc(C)cc2)cc1.CC(=O)c1ccc(Sc2ccc(Sc3ccc(Sc4ccc(C(C)=O)cc4)cc3)cc2)cc1.O=S(=O)(C(S(=O)(=O)C(F)(F)F)S(=O)(=O)C(F)(F)F)C(F)(F)F. The molecule has 0 atom stereocenters. The van der Waals surface area contributed by atoms with Crippen LogP contribution in [0.1, 0.15) is 57.4 Å². The number of carbonyl (C=O) groups excluding carboxylic acids is 3. The van der Waals surface area contributed by atoms with Crippen molar-refractivity contribution in [1.29, 1.82) is 0 Å². The molecule has 0 aliphatic heterocycles. The van der Waals surface area contributed by atoms with Crippen LogP contribution in [0.25, 0.3) is 0 Å². The van der Waals surface area contributed by atoms with Crippen molar-refractivity contribution < 1.29 is 79.2 Å². The van der Waals surface area contributed by atoms with E-state index in [0.29, 0.717) is 0 Å². The van der Waals surface area contributed by atoms with Crippen molar-refractivity contribution in [2.24, 2.45) is 0 Å². The fourth-order valence-corrected chi connectivity index (χ4v) is 15.3. The maximum Gasteiger partial charge on any atom is 0.499 e. The molecule has 0 saturated heterocycles. The van der Waals surface area contributed by atoms with Crippen molar-refractivity contribution in [3.63, 3.8) is 0 Å². The molecule has 0 bridgehead atoms. The second-order valence-electron chi connectivity index (χ2n) is 14.7. The molecule has 72 heavy (non-hydrogen) atoms. The van der Waals surface area contributed by atoms with Crippen LogP contribution in [0.4, 0.5) is 39.5 Å². The molecular formula is C47H37F9O9S7. The molecule has 9 nitrogen and oxygen atoms in total. The molecule has 6 aromatic rings. The highest BCUT2D eigenvalue weighted by atomic mass is 32.3. The Kier molecular flexibility index (Phi) is 20.1. The van der Waals surface area contributed by atoms with E-state index < -0.39 is 50.0 Å². The topological polar surface area (TPSA) is 154 Å². The first-order valence-electron chi connectivity index (χ1n) is 19.9. The summed E-state index contributed by atoms with van der Waals surface area (Å²) in [5.74, 6) is 0.280. The molecule has 25 heteroatoms. The normalized spacial score (nSPS) is 12.2. The number of benzene rings is 6. The highest BCUT2D eigenvalue weighted by molar-refractivity contribution is 8.24. The van der Waals surface area contributed by atoms with Crippen LogP contribution in [0.3, 0.4) is 0 Å². The van der Waals surface area contributed by atoms with Crippen LogP contribution in [-0.2, 0) is 29.5 Å². The molecule has 0 spiro atoms. The molecule has 0 radical (unpaired) electrons. The minimum atomic E-state index is -7.94. The summed E-state index contributed by atoms with van der Waals surface area (Å²) in [5, 5.41) is 0. The molecule has 0 aliphatic rings. The van der Waals surface area contributed by atoms with Gasteiger partial charge in [0, 0.05) is 55.9 Å². The number of carbonyl (C=O) groups is 3. The van der Waals surface area contributed by atoms with Crippen molar-refractivity contribution in [3.8, 4) is 0 Å². The Morgan fingerprint density at radius 2 is 0.486 bits per heavy atom. The monoisotopic (exact) mass is 1140 g/mol. The number of hydrogen-bond acceptors (Lipinski definition) is 13. The summed E-state index contributed by atoms with van der Waals surface area (Å²) in [7, 11) is -23.8. The van der Waals surface area contributed by atoms with Crippen LogP contribution in [0, 0.1) is 6.92 Å². The number of ketones is 3. The summed E-state index contributed by atoms with van der Waals surface area (Å²) < 4.78 is 167. The van der Waals surface area contributed by atoms with Crippen LogP contribution < -0.4 is 0 Å². The van der Waals surface area contributed by atoms with E-state index in [-0.39, 0.29) is 17.3 Å².